The Labute approximate surface area is 133 Å². The molecule has 0 aliphatic rings. The largest absolute Gasteiger partial charge is 0.327 e. The van der Waals surface area contributed by atoms with Gasteiger partial charge in [-0.25, -0.2) is 0 Å². The van der Waals surface area contributed by atoms with Crippen molar-refractivity contribution in [2.45, 2.75) is 49.3 Å². The molecule has 0 fully saturated rings. The van der Waals surface area contributed by atoms with Gasteiger partial charge in [0.15, 0.2) is 0 Å². The third kappa shape index (κ3) is 4.36. The molecule has 0 saturated heterocycles. The van der Waals surface area contributed by atoms with E-state index in [0.717, 1.165) is 0 Å². The Kier molecular flexibility index (Phi) is 5.13. The summed E-state index contributed by atoms with van der Waals surface area (Å²) in [6.07, 6.45) is 0. The Morgan fingerprint density at radius 3 is 1.95 bits per heavy atom. The highest BCUT2D eigenvalue weighted by molar-refractivity contribution is 7.99. The minimum Gasteiger partial charge on any atom is -0.327 e. The molecular formula is C19H25NS. The van der Waals surface area contributed by atoms with Crippen LogP contribution >= 0.6 is 11.8 Å². The molecule has 0 saturated carbocycles. The first-order valence-corrected chi connectivity index (χ1v) is 8.33. The average Bonchev–Trinajstić information content (AvgIpc) is 2.45. The molecular weight excluding hydrogens is 274 g/mol. The smallest absolute Gasteiger partial charge is 0.0492 e. The van der Waals surface area contributed by atoms with Crippen LogP contribution < -0.4 is 5.73 Å². The molecule has 0 bridgehead atoms. The fourth-order valence-electron chi connectivity index (χ4n) is 2.30. The van der Waals surface area contributed by atoms with Crippen molar-refractivity contribution in [2.24, 2.45) is 5.73 Å². The molecule has 0 aromatic heterocycles. The summed E-state index contributed by atoms with van der Waals surface area (Å²) in [5.74, 6) is 0. The quantitative estimate of drug-likeness (QED) is 0.789. The fourth-order valence-corrected chi connectivity index (χ4v) is 3.40. The van der Waals surface area contributed by atoms with E-state index in [4.69, 9.17) is 5.73 Å². The third-order valence-corrected chi connectivity index (χ3v) is 5.09. The first kappa shape index (κ1) is 16.1. The van der Waals surface area contributed by atoms with E-state index in [-0.39, 0.29) is 16.7 Å². The number of hydrogen-bond acceptors (Lipinski definition) is 2. The van der Waals surface area contributed by atoms with Gasteiger partial charge in [-0.05, 0) is 35.6 Å². The van der Waals surface area contributed by atoms with E-state index in [0.29, 0.717) is 0 Å². The van der Waals surface area contributed by atoms with E-state index in [1.54, 1.807) is 0 Å². The molecule has 0 spiro atoms. The van der Waals surface area contributed by atoms with Crippen molar-refractivity contribution in [3.63, 3.8) is 0 Å². The van der Waals surface area contributed by atoms with Crippen LogP contribution in [0.5, 0.6) is 0 Å². The van der Waals surface area contributed by atoms with Crippen LogP contribution in [0.15, 0.2) is 59.5 Å². The van der Waals surface area contributed by atoms with Gasteiger partial charge in [-0.2, -0.15) is 0 Å². The van der Waals surface area contributed by atoms with Crippen molar-refractivity contribution in [2.75, 3.05) is 0 Å². The molecule has 2 aromatic rings. The van der Waals surface area contributed by atoms with E-state index < -0.39 is 0 Å². The zero-order valence-electron chi connectivity index (χ0n) is 13.3. The zero-order valence-corrected chi connectivity index (χ0v) is 14.2. The Bertz CT molecular complexity index is 552. The number of thioether (sulfide) groups is 1. The van der Waals surface area contributed by atoms with Gasteiger partial charge in [0.25, 0.3) is 0 Å². The molecule has 2 atom stereocenters. The second kappa shape index (κ2) is 6.67. The average molecular weight is 299 g/mol. The Balaban J connectivity index is 2.18. The van der Waals surface area contributed by atoms with Gasteiger partial charge in [-0.3, -0.25) is 0 Å². The molecule has 0 amide bonds. The van der Waals surface area contributed by atoms with Crippen LogP contribution in [0.4, 0.5) is 0 Å². The minimum absolute atomic E-state index is 0.111. The van der Waals surface area contributed by atoms with Gasteiger partial charge in [0.1, 0.15) is 0 Å². The number of nitrogens with two attached hydrogens (primary N) is 1. The van der Waals surface area contributed by atoms with E-state index >= 15 is 0 Å². The number of benzene rings is 2. The molecule has 2 rings (SSSR count). The van der Waals surface area contributed by atoms with Gasteiger partial charge in [0.2, 0.25) is 0 Å². The maximum absolute atomic E-state index is 6.19. The molecule has 2 unspecified atom stereocenters. The first-order chi connectivity index (χ1) is 9.88. The molecule has 0 radical (unpaired) electrons. The summed E-state index contributed by atoms with van der Waals surface area (Å²) in [6.45, 7) is 8.80. The predicted octanol–water partition coefficient (Wildman–Crippen LogP) is 5.16. The molecule has 0 heterocycles. The predicted molar refractivity (Wildman–Crippen MR) is 93.8 cm³/mol. The molecule has 0 aliphatic carbocycles. The summed E-state index contributed by atoms with van der Waals surface area (Å²) in [7, 11) is 0. The molecule has 2 N–H and O–H groups in total. The Hall–Kier alpha value is -1.25. The summed E-state index contributed by atoms with van der Waals surface area (Å²) in [5, 5.41) is 0.284. The SMILES string of the molecule is CC(N)C(Sc1ccc(C(C)(C)C)cc1)c1ccccc1. The standard InChI is InChI=1S/C19H25NS/c1-14(20)18(15-8-6-5-7-9-15)21-17-12-10-16(11-13-17)19(2,3)4/h5-14,18H,20H2,1-4H3. The molecule has 112 valence electrons. The van der Waals surface area contributed by atoms with Crippen LogP contribution in [0.25, 0.3) is 0 Å². The summed E-state index contributed by atoms with van der Waals surface area (Å²) >= 11 is 1.84. The van der Waals surface area contributed by atoms with E-state index in [9.17, 15) is 0 Å². The maximum atomic E-state index is 6.19. The van der Waals surface area contributed by atoms with Crippen molar-refractivity contribution in [1.29, 1.82) is 0 Å². The molecule has 0 aliphatic heterocycles. The second-order valence-corrected chi connectivity index (χ2v) is 7.80. The van der Waals surface area contributed by atoms with Crippen molar-refractivity contribution < 1.29 is 0 Å². The van der Waals surface area contributed by atoms with E-state index in [1.165, 1.54) is 16.0 Å². The van der Waals surface area contributed by atoms with Gasteiger partial charge < -0.3 is 5.73 Å². The monoisotopic (exact) mass is 299 g/mol. The van der Waals surface area contributed by atoms with Crippen LogP contribution in [-0.4, -0.2) is 6.04 Å². The van der Waals surface area contributed by atoms with Gasteiger partial charge in [0, 0.05) is 16.2 Å². The van der Waals surface area contributed by atoms with E-state index in [2.05, 4.69) is 76.2 Å². The van der Waals surface area contributed by atoms with Crippen LogP contribution in [0.3, 0.4) is 0 Å². The lowest BCUT2D eigenvalue weighted by Crippen LogP contribution is -2.22. The van der Waals surface area contributed by atoms with Gasteiger partial charge in [-0.1, -0.05) is 63.2 Å². The van der Waals surface area contributed by atoms with Crippen molar-refractivity contribution >= 4 is 11.8 Å². The summed E-state index contributed by atoms with van der Waals surface area (Å²) in [6, 6.07) is 19.5. The highest BCUT2D eigenvalue weighted by Gasteiger charge is 2.18. The lowest BCUT2D eigenvalue weighted by Gasteiger charge is -2.22. The van der Waals surface area contributed by atoms with E-state index in [1.807, 2.05) is 17.8 Å². The van der Waals surface area contributed by atoms with Gasteiger partial charge in [-0.15, -0.1) is 11.8 Å². The first-order valence-electron chi connectivity index (χ1n) is 7.45. The summed E-state index contributed by atoms with van der Waals surface area (Å²) < 4.78 is 0. The van der Waals surface area contributed by atoms with Crippen LogP contribution in [0, 0.1) is 0 Å². The maximum Gasteiger partial charge on any atom is 0.0492 e. The highest BCUT2D eigenvalue weighted by Crippen LogP contribution is 2.37. The molecule has 1 nitrogen and oxygen atoms in total. The Morgan fingerprint density at radius 2 is 1.48 bits per heavy atom. The van der Waals surface area contributed by atoms with Crippen molar-refractivity contribution in [3.05, 3.63) is 65.7 Å². The van der Waals surface area contributed by atoms with Crippen LogP contribution in [-0.2, 0) is 5.41 Å². The normalized spacial score (nSPS) is 14.7. The highest BCUT2D eigenvalue weighted by atomic mass is 32.2. The van der Waals surface area contributed by atoms with Crippen LogP contribution in [0.1, 0.15) is 44.1 Å². The lowest BCUT2D eigenvalue weighted by atomic mass is 9.87. The topological polar surface area (TPSA) is 26.0 Å². The Morgan fingerprint density at radius 1 is 0.905 bits per heavy atom. The summed E-state index contributed by atoms with van der Waals surface area (Å²) in [4.78, 5) is 1.27. The third-order valence-electron chi connectivity index (χ3n) is 3.59. The fraction of sp³-hybridized carbons (Fsp3) is 0.368. The second-order valence-electron chi connectivity index (χ2n) is 6.58. The van der Waals surface area contributed by atoms with Crippen molar-refractivity contribution in [1.82, 2.24) is 0 Å². The number of rotatable bonds is 4. The summed E-state index contributed by atoms with van der Waals surface area (Å²) in [5.41, 5.74) is 9.05. The van der Waals surface area contributed by atoms with Crippen molar-refractivity contribution in [3.8, 4) is 0 Å². The van der Waals surface area contributed by atoms with Crippen LogP contribution in [0.2, 0.25) is 0 Å². The molecule has 2 aromatic carbocycles. The molecule has 21 heavy (non-hydrogen) atoms. The van der Waals surface area contributed by atoms with Gasteiger partial charge >= 0.3 is 0 Å². The zero-order chi connectivity index (χ0) is 15.5. The minimum atomic E-state index is 0.111. The lowest BCUT2D eigenvalue weighted by molar-refractivity contribution is 0.589. The van der Waals surface area contributed by atoms with Gasteiger partial charge in [0.05, 0.1) is 0 Å². The molecule has 2 heteroatoms. The number of hydrogen-bond donors (Lipinski definition) is 1.